The lowest BCUT2D eigenvalue weighted by atomic mass is 10.2. The number of thioether (sulfide) groups is 1. The van der Waals surface area contributed by atoms with Crippen LogP contribution in [0.1, 0.15) is 20.8 Å². The maximum atomic E-state index is 6.05. The van der Waals surface area contributed by atoms with Gasteiger partial charge in [-0.05, 0) is 5.92 Å². The second-order valence-electron chi connectivity index (χ2n) is 4.41. The summed E-state index contributed by atoms with van der Waals surface area (Å²) in [5, 5.41) is 12.2. The van der Waals surface area contributed by atoms with Gasteiger partial charge in [-0.2, -0.15) is 0 Å². The van der Waals surface area contributed by atoms with Gasteiger partial charge < -0.3 is 0 Å². The Morgan fingerprint density at radius 2 is 1.71 bits per heavy atom. The van der Waals surface area contributed by atoms with Crippen LogP contribution in [0.25, 0.3) is 10.8 Å². The predicted octanol–water partition coefficient (Wildman–Crippen LogP) is 4.42. The highest BCUT2D eigenvalue weighted by molar-refractivity contribution is 8.00. The van der Waals surface area contributed by atoms with Crippen molar-refractivity contribution in [3.05, 3.63) is 29.4 Å². The molecular weight excluding hydrogens is 252 g/mol. The van der Waals surface area contributed by atoms with E-state index in [9.17, 15) is 0 Å². The fraction of sp³-hybridized carbons (Fsp3) is 0.385. The normalized spacial score (nSPS) is 13.2. The van der Waals surface area contributed by atoms with E-state index < -0.39 is 0 Å². The van der Waals surface area contributed by atoms with Crippen molar-refractivity contribution in [3.63, 3.8) is 0 Å². The SMILES string of the molecule is CC(C)C(C)Sc1nnc(Cl)c2ccccc12. The van der Waals surface area contributed by atoms with Crippen LogP contribution >= 0.6 is 23.4 Å². The van der Waals surface area contributed by atoms with Gasteiger partial charge in [0.25, 0.3) is 0 Å². The van der Waals surface area contributed by atoms with Gasteiger partial charge in [0.1, 0.15) is 5.03 Å². The van der Waals surface area contributed by atoms with Crippen molar-refractivity contribution < 1.29 is 0 Å². The quantitative estimate of drug-likeness (QED) is 0.769. The molecule has 4 heteroatoms. The van der Waals surface area contributed by atoms with Crippen LogP contribution in [-0.2, 0) is 0 Å². The van der Waals surface area contributed by atoms with Crippen LogP contribution in [0.5, 0.6) is 0 Å². The topological polar surface area (TPSA) is 25.8 Å². The van der Waals surface area contributed by atoms with Crippen molar-refractivity contribution in [2.45, 2.75) is 31.0 Å². The van der Waals surface area contributed by atoms with Gasteiger partial charge in [0.05, 0.1) is 0 Å². The Hall–Kier alpha value is -0.800. The lowest BCUT2D eigenvalue weighted by Gasteiger charge is -2.15. The van der Waals surface area contributed by atoms with Gasteiger partial charge >= 0.3 is 0 Å². The Bertz CT molecular complexity index is 528. The summed E-state index contributed by atoms with van der Waals surface area (Å²) in [5.74, 6) is 0.608. The molecule has 1 aromatic carbocycles. The fourth-order valence-electron chi connectivity index (χ4n) is 1.45. The number of benzene rings is 1. The van der Waals surface area contributed by atoms with E-state index in [0.29, 0.717) is 16.3 Å². The van der Waals surface area contributed by atoms with Crippen LogP contribution in [0, 0.1) is 5.92 Å². The minimum atomic E-state index is 0.474. The lowest BCUT2D eigenvalue weighted by molar-refractivity contribution is 0.641. The molecule has 90 valence electrons. The molecule has 0 fully saturated rings. The summed E-state index contributed by atoms with van der Waals surface area (Å²) in [4.78, 5) is 0. The van der Waals surface area contributed by atoms with Crippen LogP contribution in [0.4, 0.5) is 0 Å². The number of nitrogens with zero attached hydrogens (tertiary/aromatic N) is 2. The number of rotatable bonds is 3. The molecular formula is C13H15ClN2S. The first-order valence-corrected chi connectivity index (χ1v) is 6.93. The third kappa shape index (κ3) is 2.72. The lowest BCUT2D eigenvalue weighted by Crippen LogP contribution is -2.06. The summed E-state index contributed by atoms with van der Waals surface area (Å²) in [6.45, 7) is 6.63. The van der Waals surface area contributed by atoms with Gasteiger partial charge in [-0.25, -0.2) is 0 Å². The highest BCUT2D eigenvalue weighted by atomic mass is 35.5. The van der Waals surface area contributed by atoms with Crippen LogP contribution in [0.3, 0.4) is 0 Å². The summed E-state index contributed by atoms with van der Waals surface area (Å²) in [6.07, 6.45) is 0. The molecule has 1 unspecified atom stereocenters. The standard InChI is InChI=1S/C13H15ClN2S/c1-8(2)9(3)17-13-11-7-5-4-6-10(11)12(14)15-16-13/h4-9H,1-3H3. The largest absolute Gasteiger partial charge is 0.159 e. The zero-order valence-corrected chi connectivity index (χ0v) is 11.7. The Balaban J connectivity index is 2.45. The molecule has 0 saturated heterocycles. The molecule has 0 bridgehead atoms. The first kappa shape index (κ1) is 12.7. The Labute approximate surface area is 111 Å². The number of fused-ring (bicyclic) bond motifs is 1. The summed E-state index contributed by atoms with van der Waals surface area (Å²) in [7, 11) is 0. The van der Waals surface area contributed by atoms with Gasteiger partial charge in [-0.3, -0.25) is 0 Å². The third-order valence-corrected chi connectivity index (χ3v) is 4.56. The Kier molecular flexibility index (Phi) is 3.89. The van der Waals surface area contributed by atoms with Crippen molar-refractivity contribution >= 4 is 34.1 Å². The molecule has 2 rings (SSSR count). The zero-order valence-electron chi connectivity index (χ0n) is 10.1. The molecule has 0 amide bonds. The first-order valence-electron chi connectivity index (χ1n) is 5.67. The molecule has 0 spiro atoms. The van der Waals surface area contributed by atoms with E-state index in [0.717, 1.165) is 15.8 Å². The molecule has 0 aliphatic carbocycles. The fourth-order valence-corrected chi connectivity index (χ4v) is 2.67. The molecule has 0 aliphatic heterocycles. The summed E-state index contributed by atoms with van der Waals surface area (Å²) < 4.78 is 0. The minimum Gasteiger partial charge on any atom is -0.142 e. The molecule has 0 N–H and O–H groups in total. The average molecular weight is 267 g/mol. The van der Waals surface area contributed by atoms with Crippen LogP contribution < -0.4 is 0 Å². The van der Waals surface area contributed by atoms with Gasteiger partial charge in [0, 0.05) is 16.0 Å². The van der Waals surface area contributed by atoms with E-state index in [-0.39, 0.29) is 0 Å². The first-order chi connectivity index (χ1) is 8.09. The molecule has 0 radical (unpaired) electrons. The summed E-state index contributed by atoms with van der Waals surface area (Å²) >= 11 is 7.80. The number of hydrogen-bond donors (Lipinski definition) is 0. The van der Waals surface area contributed by atoms with Gasteiger partial charge in [0.2, 0.25) is 0 Å². The zero-order chi connectivity index (χ0) is 12.4. The number of hydrogen-bond acceptors (Lipinski definition) is 3. The minimum absolute atomic E-state index is 0.474. The molecule has 0 saturated carbocycles. The van der Waals surface area contributed by atoms with Crippen LogP contribution in [-0.4, -0.2) is 15.4 Å². The third-order valence-electron chi connectivity index (χ3n) is 2.84. The monoisotopic (exact) mass is 266 g/mol. The Morgan fingerprint density at radius 3 is 2.35 bits per heavy atom. The second-order valence-corrected chi connectivity index (χ2v) is 6.13. The van der Waals surface area contributed by atoms with E-state index >= 15 is 0 Å². The Morgan fingerprint density at radius 1 is 1.06 bits per heavy atom. The average Bonchev–Trinajstić information content (AvgIpc) is 2.33. The smallest absolute Gasteiger partial charge is 0.142 e. The predicted molar refractivity (Wildman–Crippen MR) is 74.7 cm³/mol. The summed E-state index contributed by atoms with van der Waals surface area (Å²) in [5.41, 5.74) is 0. The van der Waals surface area contributed by atoms with E-state index in [2.05, 4.69) is 31.0 Å². The maximum Gasteiger partial charge on any atom is 0.159 e. The van der Waals surface area contributed by atoms with Crippen molar-refractivity contribution in [3.8, 4) is 0 Å². The van der Waals surface area contributed by atoms with Gasteiger partial charge in [-0.1, -0.05) is 56.6 Å². The van der Waals surface area contributed by atoms with Crippen molar-refractivity contribution in [1.29, 1.82) is 0 Å². The number of halogens is 1. The molecule has 1 heterocycles. The highest BCUT2D eigenvalue weighted by Gasteiger charge is 2.13. The molecule has 17 heavy (non-hydrogen) atoms. The second kappa shape index (κ2) is 5.23. The molecule has 1 aromatic heterocycles. The molecule has 0 aliphatic rings. The van der Waals surface area contributed by atoms with E-state index in [1.165, 1.54) is 0 Å². The van der Waals surface area contributed by atoms with Crippen molar-refractivity contribution in [1.82, 2.24) is 10.2 Å². The van der Waals surface area contributed by atoms with Crippen LogP contribution in [0.2, 0.25) is 5.15 Å². The number of aromatic nitrogens is 2. The van der Waals surface area contributed by atoms with E-state index in [1.807, 2.05) is 24.3 Å². The van der Waals surface area contributed by atoms with Gasteiger partial charge in [0.15, 0.2) is 5.15 Å². The summed E-state index contributed by atoms with van der Waals surface area (Å²) in [6, 6.07) is 8.00. The molecule has 2 aromatic rings. The maximum absolute atomic E-state index is 6.05. The van der Waals surface area contributed by atoms with Crippen LogP contribution in [0.15, 0.2) is 29.3 Å². The van der Waals surface area contributed by atoms with Gasteiger partial charge in [-0.15, -0.1) is 22.0 Å². The van der Waals surface area contributed by atoms with E-state index in [1.54, 1.807) is 11.8 Å². The van der Waals surface area contributed by atoms with Crippen molar-refractivity contribution in [2.75, 3.05) is 0 Å². The highest BCUT2D eigenvalue weighted by Crippen LogP contribution is 2.33. The molecule has 1 atom stereocenters. The van der Waals surface area contributed by atoms with E-state index in [4.69, 9.17) is 11.6 Å². The molecule has 2 nitrogen and oxygen atoms in total. The van der Waals surface area contributed by atoms with Crippen molar-refractivity contribution in [2.24, 2.45) is 5.92 Å².